The van der Waals surface area contributed by atoms with Crippen LogP contribution in [0.5, 0.6) is 11.5 Å². The van der Waals surface area contributed by atoms with Crippen LogP contribution in [0.3, 0.4) is 0 Å². The van der Waals surface area contributed by atoms with Gasteiger partial charge in [0, 0.05) is 49.8 Å². The molecule has 0 unspecified atom stereocenters. The Labute approximate surface area is 327 Å². The molecular formula is C41H55N3O12. The summed E-state index contributed by atoms with van der Waals surface area (Å²) in [6.45, 7) is 5.94. The molecule has 1 saturated carbocycles. The lowest BCUT2D eigenvalue weighted by atomic mass is 9.55. The third-order valence-corrected chi connectivity index (χ3v) is 10.8. The van der Waals surface area contributed by atoms with E-state index in [1.54, 1.807) is 43.3 Å². The first-order valence-electron chi connectivity index (χ1n) is 19.5. The topological polar surface area (TPSA) is 203 Å². The van der Waals surface area contributed by atoms with Gasteiger partial charge in [-0.05, 0) is 85.9 Å². The summed E-state index contributed by atoms with van der Waals surface area (Å²) in [6.07, 6.45) is 7.51. The predicted octanol–water partition coefficient (Wildman–Crippen LogP) is 5.60. The van der Waals surface area contributed by atoms with Crippen LogP contribution in [0.15, 0.2) is 71.9 Å². The second kappa shape index (κ2) is 20.6. The molecule has 2 aromatic rings. The zero-order chi connectivity index (χ0) is 40.1. The number of nitro benzene ring substituents is 1. The molecule has 56 heavy (non-hydrogen) atoms. The molecule has 3 aliphatic rings. The highest BCUT2D eigenvalue weighted by Crippen LogP contribution is 2.61. The largest absolute Gasteiger partial charge is 0.508 e. The number of hydrogen-bond acceptors (Lipinski definition) is 13. The summed E-state index contributed by atoms with van der Waals surface area (Å²) in [5.41, 5.74) is 2.75. The summed E-state index contributed by atoms with van der Waals surface area (Å²) in [6, 6.07) is 10.1. The Morgan fingerprint density at radius 3 is 2.50 bits per heavy atom. The number of benzene rings is 2. The number of non-ortho nitro benzene ring substituents is 1. The fourth-order valence-corrected chi connectivity index (χ4v) is 8.47. The number of unbranched alkanes of at least 4 members (excludes halogenated alkanes) is 2. The molecule has 306 valence electrons. The van der Waals surface area contributed by atoms with Crippen molar-refractivity contribution in [2.75, 3.05) is 52.8 Å². The van der Waals surface area contributed by atoms with Crippen LogP contribution in [0.25, 0.3) is 0 Å². The number of carbonyl (C=O) groups excluding carboxylic acids is 1. The third-order valence-electron chi connectivity index (χ3n) is 10.8. The number of oxime groups is 1. The standard InChI is InChI=1S/C41H55N3O12/c1-3-21-54-41-37(43(40(49)53-4-2)17-22-52-23-20-47)26-35(42-55-27-28-11-13-30(14-12-28)44(50)51)33-24-29(9-5-7-18-45)32(10-6-8-19-46)38(39(33)41)34-25-31(48)15-16-36(34)56-41/h3,11-16,24-25,29,32,37-39,45-48H,1,4-10,17-23,26-27H2,2H3/t29-,32+,37-,38+,39+,41+/m0/s1. The molecule has 15 heteroatoms. The van der Waals surface area contributed by atoms with Gasteiger partial charge in [0.2, 0.25) is 5.79 Å². The van der Waals surface area contributed by atoms with Crippen LogP contribution in [0.2, 0.25) is 0 Å². The summed E-state index contributed by atoms with van der Waals surface area (Å²) in [7, 11) is 0. The van der Waals surface area contributed by atoms with Gasteiger partial charge in [0.05, 0.1) is 49.6 Å². The zero-order valence-electron chi connectivity index (χ0n) is 32.0. The molecule has 1 fully saturated rings. The molecule has 6 atom stereocenters. The van der Waals surface area contributed by atoms with E-state index in [4.69, 9.17) is 28.9 Å². The molecule has 1 heterocycles. The van der Waals surface area contributed by atoms with Crippen molar-refractivity contribution in [1.82, 2.24) is 4.90 Å². The number of hydrogen-bond donors (Lipinski definition) is 4. The Kier molecular flexibility index (Phi) is 15.7. The van der Waals surface area contributed by atoms with Crippen LogP contribution in [0, 0.1) is 27.9 Å². The Bertz CT molecular complexity index is 1680. The Morgan fingerprint density at radius 2 is 1.82 bits per heavy atom. The SMILES string of the molecule is C=CCO[C@@]12Oc3ccc(O)cc3[C@H]3[C@H](CCCCO)[C@@H](CCCCO)C=C(C(=NOCc4ccc([N+](=O)[O-])cc4)C[C@@H]1N(CCOCCO)C(=O)OCC)[C@H]32. The molecule has 1 aliphatic heterocycles. The first-order valence-corrected chi connectivity index (χ1v) is 19.5. The van der Waals surface area contributed by atoms with Crippen molar-refractivity contribution in [3.8, 4) is 11.5 Å². The highest BCUT2D eigenvalue weighted by atomic mass is 16.7. The number of carbonyl (C=O) groups is 1. The van der Waals surface area contributed by atoms with E-state index < -0.39 is 28.8 Å². The number of nitro groups is 1. The molecule has 0 bridgehead atoms. The quantitative estimate of drug-likeness (QED) is 0.0499. The summed E-state index contributed by atoms with van der Waals surface area (Å²) in [5.74, 6) is -1.93. The van der Waals surface area contributed by atoms with Crippen LogP contribution >= 0.6 is 0 Å². The minimum absolute atomic E-state index is 0.00800. The zero-order valence-corrected chi connectivity index (χ0v) is 32.0. The summed E-state index contributed by atoms with van der Waals surface area (Å²) >= 11 is 0. The van der Waals surface area contributed by atoms with E-state index in [9.17, 15) is 35.3 Å². The van der Waals surface area contributed by atoms with E-state index in [0.717, 1.165) is 36.8 Å². The molecule has 15 nitrogen and oxygen atoms in total. The smallest absolute Gasteiger partial charge is 0.410 e. The van der Waals surface area contributed by atoms with E-state index in [1.165, 1.54) is 17.0 Å². The van der Waals surface area contributed by atoms with E-state index in [1.807, 2.05) is 0 Å². The molecule has 4 N–H and O–H groups in total. The Hall–Kier alpha value is -4.54. The van der Waals surface area contributed by atoms with Gasteiger partial charge in [-0.1, -0.05) is 30.1 Å². The van der Waals surface area contributed by atoms with Gasteiger partial charge in [-0.15, -0.1) is 6.58 Å². The molecule has 0 aromatic heterocycles. The predicted molar refractivity (Wildman–Crippen MR) is 206 cm³/mol. The number of ether oxygens (including phenoxy) is 4. The number of rotatable bonds is 22. The fourth-order valence-electron chi connectivity index (χ4n) is 8.47. The van der Waals surface area contributed by atoms with Gasteiger partial charge in [0.15, 0.2) is 0 Å². The number of amides is 1. The molecule has 5 rings (SSSR count). The van der Waals surface area contributed by atoms with Gasteiger partial charge in [0.25, 0.3) is 5.69 Å². The normalized spacial score (nSPS) is 24.3. The van der Waals surface area contributed by atoms with Crippen LogP contribution in [0.4, 0.5) is 10.5 Å². The number of phenolic OH excluding ortho intramolecular Hbond substituents is 1. The Balaban J connectivity index is 1.72. The molecule has 0 radical (unpaired) electrons. The highest BCUT2D eigenvalue weighted by Gasteiger charge is 2.65. The Morgan fingerprint density at radius 1 is 1.07 bits per heavy atom. The second-order valence-corrected chi connectivity index (χ2v) is 14.2. The van der Waals surface area contributed by atoms with E-state index in [0.29, 0.717) is 29.9 Å². The van der Waals surface area contributed by atoms with Crippen LogP contribution in [0.1, 0.15) is 68.9 Å². The van der Waals surface area contributed by atoms with Gasteiger partial charge in [0.1, 0.15) is 24.1 Å². The number of aromatic hydroxyl groups is 1. The lowest BCUT2D eigenvalue weighted by Crippen LogP contribution is -2.70. The molecule has 2 aromatic carbocycles. The van der Waals surface area contributed by atoms with Crippen molar-refractivity contribution in [1.29, 1.82) is 0 Å². The number of phenols is 1. The van der Waals surface area contributed by atoms with Crippen molar-refractivity contribution < 1.29 is 53.9 Å². The monoisotopic (exact) mass is 781 g/mol. The summed E-state index contributed by atoms with van der Waals surface area (Å²) < 4.78 is 25.2. The van der Waals surface area contributed by atoms with Gasteiger partial charge >= 0.3 is 6.09 Å². The molecule has 1 amide bonds. The maximum Gasteiger partial charge on any atom is 0.410 e. The van der Waals surface area contributed by atoms with E-state index >= 15 is 0 Å². The maximum absolute atomic E-state index is 14.0. The summed E-state index contributed by atoms with van der Waals surface area (Å²) in [5, 5.41) is 55.8. The average Bonchev–Trinajstić information content (AvgIpc) is 3.19. The second-order valence-electron chi connectivity index (χ2n) is 14.2. The maximum atomic E-state index is 14.0. The van der Waals surface area contributed by atoms with Crippen molar-refractivity contribution in [3.05, 3.63) is 88.0 Å². The van der Waals surface area contributed by atoms with Gasteiger partial charge < -0.3 is 44.2 Å². The number of fused-ring (bicyclic) bond motifs is 2. The third kappa shape index (κ3) is 9.69. The van der Waals surface area contributed by atoms with Gasteiger partial charge in [-0.2, -0.15) is 0 Å². The van der Waals surface area contributed by atoms with Crippen molar-refractivity contribution in [3.63, 3.8) is 0 Å². The number of aliphatic hydroxyl groups is 3. The van der Waals surface area contributed by atoms with E-state index in [-0.39, 0.29) is 95.0 Å². The first kappa shape index (κ1) is 42.6. The number of aliphatic hydroxyl groups excluding tert-OH is 3. The van der Waals surface area contributed by atoms with Gasteiger partial charge in [-0.25, -0.2) is 4.79 Å². The van der Waals surface area contributed by atoms with Crippen molar-refractivity contribution >= 4 is 17.5 Å². The molecule has 0 spiro atoms. The molecular weight excluding hydrogens is 726 g/mol. The van der Waals surface area contributed by atoms with Crippen LogP contribution in [-0.2, 0) is 25.7 Å². The highest BCUT2D eigenvalue weighted by molar-refractivity contribution is 6.03. The van der Waals surface area contributed by atoms with E-state index in [2.05, 4.69) is 12.7 Å². The van der Waals surface area contributed by atoms with Gasteiger partial charge in [-0.3, -0.25) is 15.0 Å². The lowest BCUT2D eigenvalue weighted by molar-refractivity contribution is -0.384. The molecule has 2 aliphatic carbocycles. The average molecular weight is 782 g/mol. The fraction of sp³-hybridized carbons (Fsp3) is 0.561. The van der Waals surface area contributed by atoms with Crippen LogP contribution < -0.4 is 4.74 Å². The minimum atomic E-state index is -1.53. The molecule has 0 saturated heterocycles. The minimum Gasteiger partial charge on any atom is -0.508 e. The summed E-state index contributed by atoms with van der Waals surface area (Å²) in [4.78, 5) is 32.3. The van der Waals surface area contributed by atoms with Crippen molar-refractivity contribution in [2.24, 2.45) is 22.9 Å². The number of nitrogens with zero attached hydrogens (tertiary/aromatic N) is 3. The first-order chi connectivity index (χ1) is 27.2. The number of allylic oxidation sites excluding steroid dienone is 1. The lowest BCUT2D eigenvalue weighted by Gasteiger charge is -2.59. The van der Waals surface area contributed by atoms with Crippen molar-refractivity contribution in [2.45, 2.75) is 76.2 Å². The van der Waals surface area contributed by atoms with Crippen LogP contribution in [-0.4, -0.2) is 107 Å².